The number of nitrogens with zero attached hydrogens (tertiary/aromatic N) is 1. The highest BCUT2D eigenvalue weighted by Gasteiger charge is 2.24. The van der Waals surface area contributed by atoms with Crippen molar-refractivity contribution in [1.29, 1.82) is 0 Å². The number of methoxy groups -OCH3 is 1. The molecule has 1 heterocycles. The fourth-order valence-corrected chi connectivity index (χ4v) is 1.85. The summed E-state index contributed by atoms with van der Waals surface area (Å²) < 4.78 is 5.27. The molecule has 0 amide bonds. The molecule has 0 fully saturated rings. The fraction of sp³-hybridized carbons (Fsp3) is 0.455. The number of carbonyl (C=O) groups is 1. The second-order valence-electron chi connectivity index (χ2n) is 4.27. The van der Waals surface area contributed by atoms with Crippen molar-refractivity contribution in [3.63, 3.8) is 0 Å². The maximum atomic E-state index is 11.6. The summed E-state index contributed by atoms with van der Waals surface area (Å²) >= 11 is 3.27. The molecule has 0 aliphatic carbocycles. The van der Waals surface area contributed by atoms with Crippen molar-refractivity contribution in [2.24, 2.45) is 0 Å². The van der Waals surface area contributed by atoms with E-state index in [-0.39, 0.29) is 11.4 Å². The lowest BCUT2D eigenvalue weighted by Gasteiger charge is -2.22. The van der Waals surface area contributed by atoms with Crippen LogP contribution in [0.1, 0.15) is 36.7 Å². The van der Waals surface area contributed by atoms with Gasteiger partial charge in [0, 0.05) is 6.20 Å². The number of pyridine rings is 1. The first kappa shape index (κ1) is 12.2. The highest BCUT2D eigenvalue weighted by Crippen LogP contribution is 2.29. The summed E-state index contributed by atoms with van der Waals surface area (Å²) in [5.41, 5.74) is 1.32. The van der Waals surface area contributed by atoms with Crippen LogP contribution in [0, 0.1) is 0 Å². The molecule has 82 valence electrons. The molecular formula is C11H14BrNO2. The number of aromatic nitrogens is 1. The molecule has 0 spiro atoms. The second-order valence-corrected chi connectivity index (χ2v) is 5.02. The Labute approximate surface area is 98.0 Å². The highest BCUT2D eigenvalue weighted by molar-refractivity contribution is 9.10. The number of esters is 1. The van der Waals surface area contributed by atoms with Crippen molar-refractivity contribution in [1.82, 2.24) is 4.98 Å². The summed E-state index contributed by atoms with van der Waals surface area (Å²) in [6, 6.07) is 1.84. The molecule has 1 aromatic heterocycles. The van der Waals surface area contributed by atoms with Gasteiger partial charge >= 0.3 is 5.97 Å². The summed E-state index contributed by atoms with van der Waals surface area (Å²) in [6.07, 6.45) is 1.68. The largest absolute Gasteiger partial charge is 0.465 e. The standard InChI is InChI=1S/C11H14BrNO2/c1-11(2,3)7-5-6-13-9(12)8(7)10(14)15-4/h5-6H,1-4H3. The van der Waals surface area contributed by atoms with Gasteiger partial charge in [-0.1, -0.05) is 20.8 Å². The Bertz CT molecular complexity index is 383. The lowest BCUT2D eigenvalue weighted by Crippen LogP contribution is -2.18. The molecule has 0 atom stereocenters. The normalized spacial score (nSPS) is 11.3. The van der Waals surface area contributed by atoms with Crippen molar-refractivity contribution in [2.45, 2.75) is 26.2 Å². The molecule has 15 heavy (non-hydrogen) atoms. The molecule has 0 saturated heterocycles. The molecule has 1 aromatic rings. The van der Waals surface area contributed by atoms with E-state index in [1.165, 1.54) is 7.11 Å². The zero-order valence-corrected chi connectivity index (χ0v) is 10.9. The lowest BCUT2D eigenvalue weighted by atomic mass is 9.85. The first-order chi connectivity index (χ1) is 6.88. The van der Waals surface area contributed by atoms with Crippen molar-refractivity contribution < 1.29 is 9.53 Å². The van der Waals surface area contributed by atoms with E-state index in [4.69, 9.17) is 4.74 Å². The molecule has 0 unspecified atom stereocenters. The van der Waals surface area contributed by atoms with Gasteiger partial charge in [0.1, 0.15) is 4.60 Å². The zero-order valence-electron chi connectivity index (χ0n) is 9.30. The van der Waals surface area contributed by atoms with Crippen LogP contribution in [0.5, 0.6) is 0 Å². The SMILES string of the molecule is COC(=O)c1c(C(C)(C)C)ccnc1Br. The van der Waals surface area contributed by atoms with Crippen LogP contribution < -0.4 is 0 Å². The van der Waals surface area contributed by atoms with Crippen LogP contribution in [-0.2, 0) is 10.2 Å². The Morgan fingerprint density at radius 1 is 1.47 bits per heavy atom. The molecule has 4 heteroatoms. The molecular weight excluding hydrogens is 258 g/mol. The maximum Gasteiger partial charge on any atom is 0.340 e. The van der Waals surface area contributed by atoms with Gasteiger partial charge in [0.25, 0.3) is 0 Å². The number of carbonyl (C=O) groups excluding carboxylic acids is 1. The average Bonchev–Trinajstić information content (AvgIpc) is 2.15. The Morgan fingerprint density at radius 2 is 2.07 bits per heavy atom. The van der Waals surface area contributed by atoms with Crippen molar-refractivity contribution in [3.05, 3.63) is 28.0 Å². The predicted octanol–water partition coefficient (Wildman–Crippen LogP) is 2.93. The third-order valence-corrected chi connectivity index (χ3v) is 2.70. The minimum atomic E-state index is -0.361. The van der Waals surface area contributed by atoms with Crippen LogP contribution in [-0.4, -0.2) is 18.1 Å². The highest BCUT2D eigenvalue weighted by atomic mass is 79.9. The minimum Gasteiger partial charge on any atom is -0.465 e. The Morgan fingerprint density at radius 3 is 2.53 bits per heavy atom. The third kappa shape index (κ3) is 2.56. The van der Waals surface area contributed by atoms with Gasteiger partial charge in [-0.15, -0.1) is 0 Å². The number of ether oxygens (including phenoxy) is 1. The van der Waals surface area contributed by atoms with Crippen LogP contribution in [0.2, 0.25) is 0 Å². The molecule has 0 aliphatic heterocycles. The average molecular weight is 272 g/mol. The molecule has 1 rings (SSSR count). The van der Waals surface area contributed by atoms with E-state index < -0.39 is 0 Å². The van der Waals surface area contributed by atoms with Gasteiger partial charge in [0.15, 0.2) is 0 Å². The van der Waals surface area contributed by atoms with Crippen LogP contribution in [0.4, 0.5) is 0 Å². The van der Waals surface area contributed by atoms with Crippen LogP contribution >= 0.6 is 15.9 Å². The number of rotatable bonds is 1. The van der Waals surface area contributed by atoms with Gasteiger partial charge in [-0.3, -0.25) is 0 Å². The number of hydrogen-bond donors (Lipinski definition) is 0. The van der Waals surface area contributed by atoms with E-state index in [2.05, 4.69) is 20.9 Å². The minimum absolute atomic E-state index is 0.116. The van der Waals surface area contributed by atoms with E-state index in [1.807, 2.05) is 26.8 Å². The van der Waals surface area contributed by atoms with E-state index in [0.717, 1.165) is 5.56 Å². The smallest absolute Gasteiger partial charge is 0.340 e. The fourth-order valence-electron chi connectivity index (χ4n) is 1.36. The summed E-state index contributed by atoms with van der Waals surface area (Å²) in [7, 11) is 1.37. The third-order valence-electron chi connectivity index (χ3n) is 2.10. The lowest BCUT2D eigenvalue weighted by molar-refractivity contribution is 0.0596. The van der Waals surface area contributed by atoms with E-state index in [0.29, 0.717) is 10.2 Å². The van der Waals surface area contributed by atoms with Crippen molar-refractivity contribution in [3.8, 4) is 0 Å². The molecule has 0 radical (unpaired) electrons. The van der Waals surface area contributed by atoms with Gasteiger partial charge in [-0.05, 0) is 33.0 Å². The topological polar surface area (TPSA) is 39.2 Å². The van der Waals surface area contributed by atoms with E-state index in [9.17, 15) is 4.79 Å². The van der Waals surface area contributed by atoms with Crippen molar-refractivity contribution >= 4 is 21.9 Å². The monoisotopic (exact) mass is 271 g/mol. The van der Waals surface area contributed by atoms with Crippen LogP contribution in [0.15, 0.2) is 16.9 Å². The summed E-state index contributed by atoms with van der Waals surface area (Å²) in [5, 5.41) is 0. The first-order valence-electron chi connectivity index (χ1n) is 4.61. The Hall–Kier alpha value is -0.900. The van der Waals surface area contributed by atoms with Gasteiger partial charge < -0.3 is 4.74 Å². The second kappa shape index (κ2) is 4.31. The Kier molecular flexibility index (Phi) is 3.50. The molecule has 0 bridgehead atoms. The molecule has 0 N–H and O–H groups in total. The van der Waals surface area contributed by atoms with Gasteiger partial charge in [-0.2, -0.15) is 0 Å². The predicted molar refractivity (Wildman–Crippen MR) is 62.0 cm³/mol. The molecule has 0 aliphatic rings. The Balaban J connectivity index is 3.40. The molecule has 3 nitrogen and oxygen atoms in total. The summed E-state index contributed by atoms with van der Waals surface area (Å²) in [4.78, 5) is 15.6. The van der Waals surface area contributed by atoms with Gasteiger partial charge in [0.05, 0.1) is 12.7 Å². The van der Waals surface area contributed by atoms with Gasteiger partial charge in [0.2, 0.25) is 0 Å². The molecule has 0 saturated carbocycles. The molecule has 0 aromatic carbocycles. The van der Waals surface area contributed by atoms with Crippen LogP contribution in [0.3, 0.4) is 0 Å². The summed E-state index contributed by atoms with van der Waals surface area (Å²) in [6.45, 7) is 6.13. The van der Waals surface area contributed by atoms with Gasteiger partial charge in [-0.25, -0.2) is 9.78 Å². The van der Waals surface area contributed by atoms with Crippen molar-refractivity contribution in [2.75, 3.05) is 7.11 Å². The first-order valence-corrected chi connectivity index (χ1v) is 5.40. The number of hydrogen-bond acceptors (Lipinski definition) is 3. The number of halogens is 1. The van der Waals surface area contributed by atoms with E-state index >= 15 is 0 Å². The van der Waals surface area contributed by atoms with Crippen LogP contribution in [0.25, 0.3) is 0 Å². The quantitative estimate of drug-likeness (QED) is 0.583. The summed E-state index contributed by atoms with van der Waals surface area (Å²) in [5.74, 6) is -0.361. The zero-order chi connectivity index (χ0) is 11.6. The van der Waals surface area contributed by atoms with E-state index in [1.54, 1.807) is 6.20 Å². The maximum absolute atomic E-state index is 11.6.